The molecule has 0 aromatic rings. The zero-order valence-corrected chi connectivity index (χ0v) is 13.2. The van der Waals surface area contributed by atoms with Crippen molar-refractivity contribution in [1.29, 1.82) is 0 Å². The van der Waals surface area contributed by atoms with E-state index in [4.69, 9.17) is 0 Å². The van der Waals surface area contributed by atoms with E-state index in [2.05, 4.69) is 12.2 Å². The van der Waals surface area contributed by atoms with E-state index in [1.807, 2.05) is 4.90 Å². The molecule has 3 fully saturated rings. The summed E-state index contributed by atoms with van der Waals surface area (Å²) in [6.07, 6.45) is 9.96. The van der Waals surface area contributed by atoms with Crippen LogP contribution in [-0.2, 0) is 9.59 Å². The highest BCUT2D eigenvalue weighted by atomic mass is 16.2. The monoisotopic (exact) mass is 292 g/mol. The van der Waals surface area contributed by atoms with Crippen molar-refractivity contribution in [2.75, 3.05) is 13.1 Å². The van der Waals surface area contributed by atoms with E-state index in [-0.39, 0.29) is 18.4 Å². The first-order chi connectivity index (χ1) is 10.1. The lowest BCUT2D eigenvalue weighted by molar-refractivity contribution is -0.152. The van der Waals surface area contributed by atoms with Gasteiger partial charge < -0.3 is 10.2 Å². The van der Waals surface area contributed by atoms with E-state index >= 15 is 0 Å². The zero-order valence-electron chi connectivity index (χ0n) is 13.2. The number of rotatable bonds is 2. The second kappa shape index (κ2) is 5.98. The molecule has 1 heterocycles. The molecule has 21 heavy (non-hydrogen) atoms. The number of hydrogen-bond donors (Lipinski definition) is 1. The summed E-state index contributed by atoms with van der Waals surface area (Å²) in [5.41, 5.74) is -0.562. The van der Waals surface area contributed by atoms with Crippen LogP contribution in [-0.4, -0.2) is 35.3 Å². The quantitative estimate of drug-likeness (QED) is 0.850. The minimum atomic E-state index is -0.562. The average molecular weight is 292 g/mol. The van der Waals surface area contributed by atoms with Gasteiger partial charge in [-0.05, 0) is 37.5 Å². The fraction of sp³-hybridized carbons (Fsp3) is 0.882. The van der Waals surface area contributed by atoms with Crippen molar-refractivity contribution >= 4 is 11.8 Å². The first kappa shape index (κ1) is 14.9. The van der Waals surface area contributed by atoms with Crippen molar-refractivity contribution in [2.45, 2.75) is 70.3 Å². The third kappa shape index (κ3) is 3.09. The minimum absolute atomic E-state index is 0.0420. The van der Waals surface area contributed by atoms with Crippen LogP contribution < -0.4 is 5.32 Å². The SMILES string of the molecule is CC1CCCC(CN2CC(=O)NC3(CCCCC3)C2=O)C1. The molecule has 3 rings (SSSR count). The number of piperazine rings is 1. The number of hydrogen-bond acceptors (Lipinski definition) is 2. The van der Waals surface area contributed by atoms with Crippen LogP contribution in [0.4, 0.5) is 0 Å². The predicted octanol–water partition coefficient (Wildman–Crippen LogP) is 2.47. The number of carbonyl (C=O) groups excluding carboxylic acids is 2. The third-order valence-electron chi connectivity index (χ3n) is 5.64. The highest BCUT2D eigenvalue weighted by Crippen LogP contribution is 2.34. The van der Waals surface area contributed by atoms with Crippen molar-refractivity contribution in [2.24, 2.45) is 11.8 Å². The molecule has 3 aliphatic rings. The van der Waals surface area contributed by atoms with Crippen LogP contribution in [0.3, 0.4) is 0 Å². The highest BCUT2D eigenvalue weighted by molar-refractivity contribution is 5.98. The van der Waals surface area contributed by atoms with Crippen molar-refractivity contribution in [1.82, 2.24) is 10.2 Å². The molecule has 1 N–H and O–H groups in total. The van der Waals surface area contributed by atoms with Crippen molar-refractivity contribution in [3.8, 4) is 0 Å². The Hall–Kier alpha value is -1.06. The summed E-state index contributed by atoms with van der Waals surface area (Å²) in [6, 6.07) is 0. The number of nitrogens with one attached hydrogen (secondary N) is 1. The van der Waals surface area contributed by atoms with Gasteiger partial charge in [-0.3, -0.25) is 9.59 Å². The van der Waals surface area contributed by atoms with Crippen molar-refractivity contribution in [3.63, 3.8) is 0 Å². The Morgan fingerprint density at radius 1 is 1.14 bits per heavy atom. The van der Waals surface area contributed by atoms with Gasteiger partial charge in [-0.1, -0.05) is 39.0 Å². The normalized spacial score (nSPS) is 33.1. The molecule has 1 aliphatic heterocycles. The first-order valence-corrected chi connectivity index (χ1v) is 8.69. The summed E-state index contributed by atoms with van der Waals surface area (Å²) < 4.78 is 0. The van der Waals surface area contributed by atoms with E-state index in [9.17, 15) is 9.59 Å². The summed E-state index contributed by atoms with van der Waals surface area (Å²) >= 11 is 0. The van der Waals surface area contributed by atoms with Gasteiger partial charge in [0.25, 0.3) is 0 Å². The highest BCUT2D eigenvalue weighted by Gasteiger charge is 2.47. The summed E-state index contributed by atoms with van der Waals surface area (Å²) in [4.78, 5) is 26.9. The van der Waals surface area contributed by atoms with E-state index in [1.165, 1.54) is 32.1 Å². The third-order valence-corrected chi connectivity index (χ3v) is 5.64. The molecule has 118 valence electrons. The van der Waals surface area contributed by atoms with E-state index in [1.54, 1.807) is 0 Å². The van der Waals surface area contributed by atoms with E-state index < -0.39 is 5.54 Å². The fourth-order valence-corrected chi connectivity index (χ4v) is 4.59. The maximum Gasteiger partial charge on any atom is 0.248 e. The van der Waals surface area contributed by atoms with Gasteiger partial charge in [0.2, 0.25) is 11.8 Å². The lowest BCUT2D eigenvalue weighted by Gasteiger charge is -2.45. The molecule has 2 amide bonds. The molecule has 2 saturated carbocycles. The van der Waals surface area contributed by atoms with Gasteiger partial charge in [0.15, 0.2) is 0 Å². The molecular formula is C17H28N2O2. The van der Waals surface area contributed by atoms with Gasteiger partial charge in [0, 0.05) is 6.54 Å². The van der Waals surface area contributed by atoms with Crippen LogP contribution in [0.25, 0.3) is 0 Å². The largest absolute Gasteiger partial charge is 0.340 e. The van der Waals surface area contributed by atoms with Crippen LogP contribution in [0.2, 0.25) is 0 Å². The van der Waals surface area contributed by atoms with E-state index in [0.29, 0.717) is 5.92 Å². The number of nitrogens with zero attached hydrogens (tertiary/aromatic N) is 1. The molecule has 1 spiro atoms. The number of amides is 2. The van der Waals surface area contributed by atoms with E-state index in [0.717, 1.165) is 38.1 Å². The standard InChI is InChI=1S/C17H28N2O2/c1-13-6-5-7-14(10-13)11-19-12-15(20)18-17(16(19)21)8-3-2-4-9-17/h13-14H,2-12H2,1H3,(H,18,20). The smallest absolute Gasteiger partial charge is 0.248 e. The molecule has 4 heteroatoms. The van der Waals surface area contributed by atoms with Crippen molar-refractivity contribution < 1.29 is 9.59 Å². The van der Waals surface area contributed by atoms with Crippen LogP contribution in [0.1, 0.15) is 64.7 Å². The molecule has 0 bridgehead atoms. The van der Waals surface area contributed by atoms with Crippen LogP contribution >= 0.6 is 0 Å². The zero-order chi connectivity index (χ0) is 14.9. The van der Waals surface area contributed by atoms with Gasteiger partial charge in [-0.25, -0.2) is 0 Å². The first-order valence-electron chi connectivity index (χ1n) is 8.69. The molecule has 2 atom stereocenters. The van der Waals surface area contributed by atoms with Gasteiger partial charge in [0.1, 0.15) is 5.54 Å². The Morgan fingerprint density at radius 2 is 1.90 bits per heavy atom. The Kier molecular flexibility index (Phi) is 4.23. The topological polar surface area (TPSA) is 49.4 Å². The Bertz CT molecular complexity index is 415. The molecular weight excluding hydrogens is 264 g/mol. The van der Waals surface area contributed by atoms with Gasteiger partial charge in [-0.15, -0.1) is 0 Å². The maximum atomic E-state index is 12.9. The Labute approximate surface area is 127 Å². The van der Waals surface area contributed by atoms with Gasteiger partial charge in [0.05, 0.1) is 6.54 Å². The second-order valence-electron chi connectivity index (χ2n) is 7.51. The maximum absolute atomic E-state index is 12.9. The summed E-state index contributed by atoms with van der Waals surface area (Å²) in [6.45, 7) is 3.36. The predicted molar refractivity (Wildman–Crippen MR) is 81.7 cm³/mol. The summed E-state index contributed by atoms with van der Waals surface area (Å²) in [5, 5.41) is 3.03. The van der Waals surface area contributed by atoms with Crippen LogP contribution in [0.15, 0.2) is 0 Å². The second-order valence-corrected chi connectivity index (χ2v) is 7.51. The van der Waals surface area contributed by atoms with Gasteiger partial charge >= 0.3 is 0 Å². The van der Waals surface area contributed by atoms with Crippen LogP contribution in [0.5, 0.6) is 0 Å². The molecule has 0 aromatic carbocycles. The summed E-state index contributed by atoms with van der Waals surface area (Å²) in [5.74, 6) is 1.59. The molecule has 0 radical (unpaired) electrons. The Balaban J connectivity index is 1.69. The fourth-order valence-electron chi connectivity index (χ4n) is 4.59. The van der Waals surface area contributed by atoms with Crippen molar-refractivity contribution in [3.05, 3.63) is 0 Å². The summed E-state index contributed by atoms with van der Waals surface area (Å²) in [7, 11) is 0. The molecule has 4 nitrogen and oxygen atoms in total. The Morgan fingerprint density at radius 3 is 2.62 bits per heavy atom. The molecule has 2 aliphatic carbocycles. The minimum Gasteiger partial charge on any atom is -0.340 e. The number of carbonyl (C=O) groups is 2. The molecule has 1 saturated heterocycles. The lowest BCUT2D eigenvalue weighted by Crippen LogP contribution is -2.67. The average Bonchev–Trinajstić information content (AvgIpc) is 2.45. The molecule has 2 unspecified atom stereocenters. The van der Waals surface area contributed by atoms with Gasteiger partial charge in [-0.2, -0.15) is 0 Å². The van der Waals surface area contributed by atoms with Crippen LogP contribution in [0, 0.1) is 11.8 Å². The lowest BCUT2D eigenvalue weighted by atomic mass is 9.78. The molecule has 0 aromatic heterocycles.